The first-order valence-corrected chi connectivity index (χ1v) is 13.5. The van der Waals surface area contributed by atoms with Gasteiger partial charge in [-0.3, -0.25) is 9.97 Å². The van der Waals surface area contributed by atoms with Crippen LogP contribution in [0.2, 0.25) is 0 Å². The van der Waals surface area contributed by atoms with Crippen molar-refractivity contribution in [2.45, 2.75) is 39.5 Å². The Morgan fingerprint density at radius 3 is 2.72 bits per heavy atom. The molecule has 3 aromatic heterocycles. The maximum Gasteiger partial charge on any atom is 0.0795 e. The molecule has 1 aromatic carbocycles. The number of nitrogens with one attached hydrogen (secondary N) is 2. The third-order valence-corrected chi connectivity index (χ3v) is 7.13. The molecule has 5 rings (SSSR count). The summed E-state index contributed by atoms with van der Waals surface area (Å²) in [6.07, 6.45) is 20.2. The second kappa shape index (κ2) is 12.9. The lowest BCUT2D eigenvalue weighted by molar-refractivity contribution is 0.785. The van der Waals surface area contributed by atoms with Gasteiger partial charge in [0.05, 0.1) is 22.8 Å². The molecule has 0 amide bonds. The van der Waals surface area contributed by atoms with Crippen molar-refractivity contribution in [2.75, 3.05) is 18.8 Å². The maximum absolute atomic E-state index is 6.39. The van der Waals surface area contributed by atoms with E-state index in [9.17, 15) is 0 Å². The summed E-state index contributed by atoms with van der Waals surface area (Å²) in [5.74, 6) is 0. The van der Waals surface area contributed by atoms with Crippen molar-refractivity contribution in [2.24, 2.45) is 0 Å². The standard InChI is InChI=1S/C32H35N5.C2H2/c1-4-21(20-34-6-3)16-22(5-2)29-13-12-28(33)31(37-29)19-26-18-27-30(36-26)14-15-35-32(27)25-11-10-23-8-7-9-24(23)17-25;1-2/h4-5,10-18,34,36H,1,6-9,19-20,33H2,2-3H3;1-2H/b21-16+,22-5+;. The monoisotopic (exact) mass is 515 g/mol. The van der Waals surface area contributed by atoms with E-state index in [1.54, 1.807) is 0 Å². The van der Waals surface area contributed by atoms with Gasteiger partial charge in [0, 0.05) is 41.3 Å². The number of aromatic nitrogens is 3. The second-order valence-electron chi connectivity index (χ2n) is 9.61. The molecular weight excluding hydrogens is 478 g/mol. The van der Waals surface area contributed by atoms with E-state index >= 15 is 0 Å². The average Bonchev–Trinajstić information content (AvgIpc) is 3.61. The Labute approximate surface area is 232 Å². The predicted molar refractivity (Wildman–Crippen MR) is 165 cm³/mol. The molecule has 0 atom stereocenters. The largest absolute Gasteiger partial charge is 0.397 e. The third kappa shape index (κ3) is 6.19. The Morgan fingerprint density at radius 1 is 1.13 bits per heavy atom. The molecule has 0 unspecified atom stereocenters. The highest BCUT2D eigenvalue weighted by atomic mass is 14.8. The average molecular weight is 516 g/mol. The van der Waals surface area contributed by atoms with Gasteiger partial charge in [-0.2, -0.15) is 0 Å². The van der Waals surface area contributed by atoms with Gasteiger partial charge in [-0.15, -0.1) is 12.8 Å². The van der Waals surface area contributed by atoms with E-state index in [4.69, 9.17) is 15.7 Å². The summed E-state index contributed by atoms with van der Waals surface area (Å²) in [6.45, 7) is 9.78. The Kier molecular flexibility index (Phi) is 9.14. The van der Waals surface area contributed by atoms with Crippen molar-refractivity contribution in [3.63, 3.8) is 0 Å². The normalized spacial score (nSPS) is 13.1. The first-order chi connectivity index (χ1) is 19.1. The molecule has 0 aliphatic heterocycles. The summed E-state index contributed by atoms with van der Waals surface area (Å²) >= 11 is 0. The fourth-order valence-corrected chi connectivity index (χ4v) is 5.11. The number of allylic oxidation sites excluding steroid dienone is 3. The van der Waals surface area contributed by atoms with Crippen LogP contribution in [0.15, 0.2) is 79.0 Å². The van der Waals surface area contributed by atoms with Crippen LogP contribution in [-0.4, -0.2) is 28.0 Å². The molecule has 0 fully saturated rings. The van der Waals surface area contributed by atoms with Gasteiger partial charge in [0.25, 0.3) is 0 Å². The molecule has 4 N–H and O–H groups in total. The van der Waals surface area contributed by atoms with Crippen molar-refractivity contribution in [1.82, 2.24) is 20.3 Å². The highest BCUT2D eigenvalue weighted by molar-refractivity contribution is 5.93. The van der Waals surface area contributed by atoms with Crippen molar-refractivity contribution >= 4 is 22.2 Å². The molecule has 3 heterocycles. The number of likely N-dealkylation sites (N-methyl/N-ethyl adjacent to an activating group) is 1. The number of hydrogen-bond donors (Lipinski definition) is 3. The Morgan fingerprint density at radius 2 is 1.95 bits per heavy atom. The molecule has 1 aliphatic rings. The number of H-pyrrole nitrogens is 1. The van der Waals surface area contributed by atoms with Crippen molar-refractivity contribution in [3.8, 4) is 24.1 Å². The van der Waals surface area contributed by atoms with E-state index in [-0.39, 0.29) is 0 Å². The molecule has 0 saturated carbocycles. The lowest BCUT2D eigenvalue weighted by Gasteiger charge is -2.10. The minimum absolute atomic E-state index is 0.615. The van der Waals surface area contributed by atoms with Gasteiger partial charge in [-0.05, 0) is 91.4 Å². The van der Waals surface area contributed by atoms with E-state index in [2.05, 4.69) is 73.1 Å². The number of benzene rings is 1. The van der Waals surface area contributed by atoms with E-state index in [1.807, 2.05) is 37.4 Å². The van der Waals surface area contributed by atoms with Gasteiger partial charge in [-0.25, -0.2) is 0 Å². The lowest BCUT2D eigenvalue weighted by atomic mass is 10.0. The number of anilines is 1. The number of nitrogens with two attached hydrogens (primary N) is 1. The molecule has 4 aromatic rings. The highest BCUT2D eigenvalue weighted by Crippen LogP contribution is 2.32. The minimum Gasteiger partial charge on any atom is -0.397 e. The van der Waals surface area contributed by atoms with Crippen molar-refractivity contribution in [1.29, 1.82) is 0 Å². The summed E-state index contributed by atoms with van der Waals surface area (Å²) < 4.78 is 0. The number of terminal acetylenes is 1. The molecule has 39 heavy (non-hydrogen) atoms. The number of fused-ring (bicyclic) bond motifs is 2. The predicted octanol–water partition coefficient (Wildman–Crippen LogP) is 6.66. The van der Waals surface area contributed by atoms with Gasteiger partial charge in [0.15, 0.2) is 0 Å². The molecular formula is C34H37N5. The van der Waals surface area contributed by atoms with E-state index in [1.165, 1.54) is 29.5 Å². The second-order valence-corrected chi connectivity index (χ2v) is 9.61. The molecule has 0 spiro atoms. The van der Waals surface area contributed by atoms with E-state index < -0.39 is 0 Å². The van der Waals surface area contributed by atoms with Crippen LogP contribution in [0.5, 0.6) is 0 Å². The molecule has 198 valence electrons. The van der Waals surface area contributed by atoms with Crippen molar-refractivity contribution in [3.05, 3.63) is 107 Å². The number of rotatable bonds is 9. The summed E-state index contributed by atoms with van der Waals surface area (Å²) in [7, 11) is 0. The molecule has 0 radical (unpaired) electrons. The Bertz CT molecular complexity index is 1550. The minimum atomic E-state index is 0.615. The Hall–Kier alpha value is -4.40. The zero-order valence-electron chi connectivity index (χ0n) is 22.9. The fourth-order valence-electron chi connectivity index (χ4n) is 5.11. The maximum atomic E-state index is 6.39. The molecule has 1 aliphatic carbocycles. The van der Waals surface area contributed by atoms with Crippen LogP contribution in [0.3, 0.4) is 0 Å². The number of hydrogen-bond acceptors (Lipinski definition) is 4. The van der Waals surface area contributed by atoms with Gasteiger partial charge in [-0.1, -0.05) is 37.8 Å². The molecule has 0 bridgehead atoms. The Balaban J connectivity index is 0.00000172. The van der Waals surface area contributed by atoms with Crippen LogP contribution in [0.25, 0.3) is 27.7 Å². The van der Waals surface area contributed by atoms with Crippen molar-refractivity contribution < 1.29 is 0 Å². The van der Waals surface area contributed by atoms with Crippen LogP contribution in [0, 0.1) is 12.8 Å². The van der Waals surface area contributed by atoms with Crippen LogP contribution in [0.1, 0.15) is 48.5 Å². The summed E-state index contributed by atoms with van der Waals surface area (Å²) in [4.78, 5) is 13.3. The smallest absolute Gasteiger partial charge is 0.0795 e. The topological polar surface area (TPSA) is 79.6 Å². The zero-order valence-corrected chi connectivity index (χ0v) is 22.9. The fraction of sp³-hybridized carbons (Fsp3) is 0.235. The summed E-state index contributed by atoms with van der Waals surface area (Å²) in [6, 6.07) is 15.0. The van der Waals surface area contributed by atoms with E-state index in [0.29, 0.717) is 12.1 Å². The van der Waals surface area contributed by atoms with Gasteiger partial charge in [0.1, 0.15) is 0 Å². The first kappa shape index (κ1) is 27.6. The summed E-state index contributed by atoms with van der Waals surface area (Å²) in [5.41, 5.74) is 18.3. The first-order valence-electron chi connectivity index (χ1n) is 13.5. The van der Waals surface area contributed by atoms with E-state index in [0.717, 1.165) is 64.3 Å². The van der Waals surface area contributed by atoms with Gasteiger partial charge < -0.3 is 16.0 Å². The summed E-state index contributed by atoms with van der Waals surface area (Å²) in [5, 5.41) is 4.48. The van der Waals surface area contributed by atoms with Gasteiger partial charge in [0.2, 0.25) is 0 Å². The van der Waals surface area contributed by atoms with Gasteiger partial charge >= 0.3 is 0 Å². The number of nitrogen functional groups attached to an aromatic ring is 1. The SMILES string of the molecule is C#C.C=C/C(=C\C(=C/C)c1ccc(N)c(Cc2cc3c(-c4ccc5c(c4)CCC5)nccc3[nH]2)n1)CNCC. The van der Waals surface area contributed by atoms with Crippen LogP contribution < -0.4 is 11.1 Å². The van der Waals surface area contributed by atoms with Crippen LogP contribution in [-0.2, 0) is 19.3 Å². The highest BCUT2D eigenvalue weighted by Gasteiger charge is 2.15. The molecule has 5 nitrogen and oxygen atoms in total. The number of nitrogens with zero attached hydrogens (tertiary/aromatic N) is 2. The zero-order chi connectivity index (χ0) is 27.8. The number of pyridine rings is 2. The molecule has 0 saturated heterocycles. The number of aromatic amines is 1. The van der Waals surface area contributed by atoms with Crippen LogP contribution >= 0.6 is 0 Å². The number of aryl methyl sites for hydroxylation is 2. The van der Waals surface area contributed by atoms with Crippen LogP contribution in [0.4, 0.5) is 5.69 Å². The quantitative estimate of drug-likeness (QED) is 0.172. The molecule has 5 heteroatoms. The third-order valence-electron chi connectivity index (χ3n) is 7.13. The lowest BCUT2D eigenvalue weighted by Crippen LogP contribution is -2.15.